The van der Waals surface area contributed by atoms with E-state index in [-0.39, 0.29) is 5.97 Å². The van der Waals surface area contributed by atoms with Crippen molar-refractivity contribution in [2.24, 2.45) is 5.92 Å². The highest BCUT2D eigenvalue weighted by atomic mass is 16.5. The minimum absolute atomic E-state index is 0.0729. The van der Waals surface area contributed by atoms with Crippen LogP contribution >= 0.6 is 0 Å². The lowest BCUT2D eigenvalue weighted by atomic mass is 9.91. The molecule has 14 heavy (non-hydrogen) atoms. The minimum atomic E-state index is -0.0729. The summed E-state index contributed by atoms with van der Waals surface area (Å²) in [6.45, 7) is 2.17. The average molecular weight is 196 g/mol. The van der Waals surface area contributed by atoms with Crippen LogP contribution in [0.15, 0.2) is 11.6 Å². The average Bonchev–Trinajstić information content (AvgIpc) is 2.69. The minimum Gasteiger partial charge on any atom is -0.469 e. The first-order chi connectivity index (χ1) is 6.77. The molecule has 0 N–H and O–H groups in total. The Morgan fingerprint density at radius 3 is 2.93 bits per heavy atom. The molecule has 0 saturated carbocycles. The summed E-state index contributed by atoms with van der Waals surface area (Å²) >= 11 is 0. The number of esters is 1. The lowest BCUT2D eigenvalue weighted by Gasteiger charge is -2.16. The molecule has 0 unspecified atom stereocenters. The maximum Gasteiger partial charge on any atom is 0.306 e. The summed E-state index contributed by atoms with van der Waals surface area (Å²) in [6.07, 6.45) is 8.76. The SMILES string of the molecule is CCC[C@@H](CC(=O)OC)C1=CCCC1. The van der Waals surface area contributed by atoms with Gasteiger partial charge in [-0.15, -0.1) is 0 Å². The second-order valence-electron chi connectivity index (χ2n) is 3.94. The zero-order valence-electron chi connectivity index (χ0n) is 9.21. The van der Waals surface area contributed by atoms with Crippen molar-refractivity contribution < 1.29 is 9.53 Å². The van der Waals surface area contributed by atoms with E-state index in [9.17, 15) is 4.79 Å². The highest BCUT2D eigenvalue weighted by Gasteiger charge is 2.19. The number of ether oxygens (including phenoxy) is 1. The molecule has 0 spiro atoms. The predicted octanol–water partition coefficient (Wildman–Crippen LogP) is 3.08. The van der Waals surface area contributed by atoms with Gasteiger partial charge in [-0.05, 0) is 31.6 Å². The summed E-state index contributed by atoms with van der Waals surface area (Å²) in [5.74, 6) is 0.367. The Bertz CT molecular complexity index is 218. The Morgan fingerprint density at radius 2 is 2.43 bits per heavy atom. The third-order valence-corrected chi connectivity index (χ3v) is 2.88. The van der Waals surface area contributed by atoms with Crippen molar-refractivity contribution in [3.05, 3.63) is 11.6 Å². The number of carbonyl (C=O) groups is 1. The molecule has 0 amide bonds. The van der Waals surface area contributed by atoms with Crippen LogP contribution in [-0.2, 0) is 9.53 Å². The summed E-state index contributed by atoms with van der Waals surface area (Å²) < 4.78 is 4.72. The number of carbonyl (C=O) groups excluding carboxylic acids is 1. The normalized spacial score (nSPS) is 17.7. The van der Waals surface area contributed by atoms with Gasteiger partial charge in [-0.1, -0.05) is 25.0 Å². The smallest absolute Gasteiger partial charge is 0.306 e. The van der Waals surface area contributed by atoms with Crippen LogP contribution in [0.2, 0.25) is 0 Å². The van der Waals surface area contributed by atoms with Crippen molar-refractivity contribution >= 4 is 5.97 Å². The van der Waals surface area contributed by atoms with Crippen molar-refractivity contribution in [1.82, 2.24) is 0 Å². The largest absolute Gasteiger partial charge is 0.469 e. The summed E-state index contributed by atoms with van der Waals surface area (Å²) in [7, 11) is 1.47. The Labute approximate surface area is 86.3 Å². The van der Waals surface area contributed by atoms with Gasteiger partial charge in [0.2, 0.25) is 0 Å². The van der Waals surface area contributed by atoms with Gasteiger partial charge in [0.25, 0.3) is 0 Å². The molecule has 1 rings (SSSR count). The molecule has 1 atom stereocenters. The molecule has 0 aromatic carbocycles. The van der Waals surface area contributed by atoms with Crippen LogP contribution in [0.3, 0.4) is 0 Å². The second-order valence-corrected chi connectivity index (χ2v) is 3.94. The van der Waals surface area contributed by atoms with Crippen molar-refractivity contribution in [3.8, 4) is 0 Å². The maximum atomic E-state index is 11.2. The van der Waals surface area contributed by atoms with Crippen molar-refractivity contribution in [3.63, 3.8) is 0 Å². The van der Waals surface area contributed by atoms with Gasteiger partial charge in [-0.25, -0.2) is 0 Å². The van der Waals surface area contributed by atoms with Gasteiger partial charge in [0.1, 0.15) is 0 Å². The Kier molecular flexibility index (Phi) is 4.71. The fourth-order valence-electron chi connectivity index (χ4n) is 2.12. The molecule has 1 aliphatic carbocycles. The number of rotatable bonds is 5. The molecule has 0 aromatic rings. The number of methoxy groups -OCH3 is 1. The number of allylic oxidation sites excluding steroid dienone is 2. The molecule has 0 fully saturated rings. The molecule has 0 saturated heterocycles. The van der Waals surface area contributed by atoms with E-state index in [0.717, 1.165) is 12.8 Å². The molecular weight excluding hydrogens is 176 g/mol. The highest BCUT2D eigenvalue weighted by Crippen LogP contribution is 2.30. The molecule has 0 aliphatic heterocycles. The summed E-state index contributed by atoms with van der Waals surface area (Å²) in [6, 6.07) is 0. The first-order valence-electron chi connectivity index (χ1n) is 5.53. The van der Waals surface area contributed by atoms with Crippen LogP contribution < -0.4 is 0 Å². The molecule has 0 radical (unpaired) electrons. The standard InChI is InChI=1S/C12H20O2/c1-3-6-11(9-12(13)14-2)10-7-4-5-8-10/h7,11H,3-6,8-9H2,1-2H3/t11-/m0/s1. The third-order valence-electron chi connectivity index (χ3n) is 2.88. The molecule has 2 nitrogen and oxygen atoms in total. The summed E-state index contributed by atoms with van der Waals surface area (Å²) in [4.78, 5) is 11.2. The Balaban J connectivity index is 2.49. The van der Waals surface area contributed by atoms with Gasteiger partial charge in [-0.3, -0.25) is 4.79 Å². The number of hydrogen-bond donors (Lipinski definition) is 0. The monoisotopic (exact) mass is 196 g/mol. The zero-order chi connectivity index (χ0) is 10.4. The van der Waals surface area contributed by atoms with Gasteiger partial charge in [0, 0.05) is 0 Å². The van der Waals surface area contributed by atoms with Crippen LogP contribution in [0.1, 0.15) is 45.4 Å². The van der Waals surface area contributed by atoms with E-state index in [1.165, 1.54) is 31.9 Å². The molecular formula is C12H20O2. The van der Waals surface area contributed by atoms with E-state index in [2.05, 4.69) is 13.0 Å². The van der Waals surface area contributed by atoms with E-state index < -0.39 is 0 Å². The van der Waals surface area contributed by atoms with Crippen LogP contribution in [-0.4, -0.2) is 13.1 Å². The Morgan fingerprint density at radius 1 is 1.64 bits per heavy atom. The van der Waals surface area contributed by atoms with E-state index >= 15 is 0 Å². The van der Waals surface area contributed by atoms with Crippen molar-refractivity contribution in [2.45, 2.75) is 45.4 Å². The highest BCUT2D eigenvalue weighted by molar-refractivity contribution is 5.70. The van der Waals surface area contributed by atoms with Crippen LogP contribution in [0.25, 0.3) is 0 Å². The van der Waals surface area contributed by atoms with Crippen molar-refractivity contribution in [1.29, 1.82) is 0 Å². The number of hydrogen-bond acceptors (Lipinski definition) is 2. The molecule has 0 bridgehead atoms. The fourth-order valence-corrected chi connectivity index (χ4v) is 2.12. The topological polar surface area (TPSA) is 26.3 Å². The van der Waals surface area contributed by atoms with E-state index in [1.54, 1.807) is 0 Å². The van der Waals surface area contributed by atoms with Crippen LogP contribution in [0.4, 0.5) is 0 Å². The Hall–Kier alpha value is -0.790. The molecule has 0 aromatic heterocycles. The zero-order valence-corrected chi connectivity index (χ0v) is 9.21. The molecule has 1 aliphatic rings. The second kappa shape index (κ2) is 5.84. The summed E-state index contributed by atoms with van der Waals surface area (Å²) in [5.41, 5.74) is 1.48. The fraction of sp³-hybridized carbons (Fsp3) is 0.750. The van der Waals surface area contributed by atoms with Gasteiger partial charge in [-0.2, -0.15) is 0 Å². The lowest BCUT2D eigenvalue weighted by molar-refractivity contribution is -0.141. The van der Waals surface area contributed by atoms with Crippen LogP contribution in [0, 0.1) is 5.92 Å². The van der Waals surface area contributed by atoms with Gasteiger partial charge in [0.15, 0.2) is 0 Å². The predicted molar refractivity (Wildman–Crippen MR) is 57.0 cm³/mol. The van der Waals surface area contributed by atoms with Gasteiger partial charge < -0.3 is 4.74 Å². The quantitative estimate of drug-likeness (QED) is 0.499. The molecule has 80 valence electrons. The van der Waals surface area contributed by atoms with Gasteiger partial charge in [0.05, 0.1) is 13.5 Å². The maximum absolute atomic E-state index is 11.2. The van der Waals surface area contributed by atoms with E-state index in [0.29, 0.717) is 12.3 Å². The third kappa shape index (κ3) is 3.17. The first-order valence-corrected chi connectivity index (χ1v) is 5.53. The van der Waals surface area contributed by atoms with E-state index in [1.807, 2.05) is 0 Å². The molecule has 2 heteroatoms. The summed E-state index contributed by atoms with van der Waals surface area (Å²) in [5, 5.41) is 0. The van der Waals surface area contributed by atoms with Crippen molar-refractivity contribution in [2.75, 3.05) is 7.11 Å². The molecule has 0 heterocycles. The lowest BCUT2D eigenvalue weighted by Crippen LogP contribution is -2.11. The van der Waals surface area contributed by atoms with Crippen LogP contribution in [0.5, 0.6) is 0 Å². The first kappa shape index (κ1) is 11.3. The van der Waals surface area contributed by atoms with E-state index in [4.69, 9.17) is 4.74 Å². The van der Waals surface area contributed by atoms with Gasteiger partial charge >= 0.3 is 5.97 Å².